The fourth-order valence-corrected chi connectivity index (χ4v) is 2.22. The third-order valence-corrected chi connectivity index (χ3v) is 3.32. The molecule has 1 amide bonds. The van der Waals surface area contributed by atoms with Gasteiger partial charge in [0, 0.05) is 5.02 Å². The molecule has 20 heavy (non-hydrogen) atoms. The molecule has 0 aliphatic carbocycles. The summed E-state index contributed by atoms with van der Waals surface area (Å²) in [6.07, 6.45) is 0.738. The lowest BCUT2D eigenvalue weighted by Gasteiger charge is -2.15. The average molecular weight is 360 g/mol. The van der Waals surface area contributed by atoms with Gasteiger partial charge < -0.3 is 10.1 Å². The SMILES string of the molecule is CC(Oc1ccc(Cl)cc1Br)C(=O)NCc1ncn[nH]1. The highest BCUT2D eigenvalue weighted by Crippen LogP contribution is 2.28. The Labute approximate surface area is 129 Å². The van der Waals surface area contributed by atoms with Crippen LogP contribution in [-0.2, 0) is 11.3 Å². The number of carbonyl (C=O) groups is 1. The molecule has 1 heterocycles. The minimum absolute atomic E-state index is 0.247. The number of nitrogens with one attached hydrogen (secondary N) is 2. The Bertz CT molecular complexity index is 591. The van der Waals surface area contributed by atoms with E-state index in [1.165, 1.54) is 6.33 Å². The van der Waals surface area contributed by atoms with E-state index in [2.05, 4.69) is 36.4 Å². The molecule has 0 aliphatic heterocycles. The van der Waals surface area contributed by atoms with Gasteiger partial charge in [-0.25, -0.2) is 4.98 Å². The number of aromatic amines is 1. The Kier molecular flexibility index (Phi) is 4.97. The van der Waals surface area contributed by atoms with Crippen molar-refractivity contribution >= 4 is 33.4 Å². The van der Waals surface area contributed by atoms with Crippen LogP contribution in [0.4, 0.5) is 0 Å². The Morgan fingerprint density at radius 2 is 2.40 bits per heavy atom. The Hall–Kier alpha value is -1.60. The first-order valence-electron chi connectivity index (χ1n) is 5.80. The lowest BCUT2D eigenvalue weighted by Crippen LogP contribution is -2.36. The highest BCUT2D eigenvalue weighted by molar-refractivity contribution is 9.10. The lowest BCUT2D eigenvalue weighted by atomic mass is 10.3. The Morgan fingerprint density at radius 1 is 1.60 bits per heavy atom. The zero-order chi connectivity index (χ0) is 14.5. The molecule has 106 valence electrons. The van der Waals surface area contributed by atoms with Gasteiger partial charge in [-0.05, 0) is 41.1 Å². The lowest BCUT2D eigenvalue weighted by molar-refractivity contribution is -0.127. The van der Waals surface area contributed by atoms with Gasteiger partial charge in [-0.2, -0.15) is 5.10 Å². The zero-order valence-electron chi connectivity index (χ0n) is 10.6. The molecule has 2 aromatic rings. The maximum atomic E-state index is 11.9. The van der Waals surface area contributed by atoms with Gasteiger partial charge in [0.15, 0.2) is 6.10 Å². The molecular formula is C12H12BrClN4O2. The van der Waals surface area contributed by atoms with Crippen molar-refractivity contribution in [3.05, 3.63) is 39.8 Å². The largest absolute Gasteiger partial charge is 0.480 e. The molecule has 1 aromatic carbocycles. The number of carbonyl (C=O) groups excluding carboxylic acids is 1. The summed E-state index contributed by atoms with van der Waals surface area (Å²) >= 11 is 9.17. The molecule has 1 atom stereocenters. The minimum atomic E-state index is -0.643. The van der Waals surface area contributed by atoms with Gasteiger partial charge in [-0.15, -0.1) is 0 Å². The first kappa shape index (κ1) is 14.8. The molecule has 1 unspecified atom stereocenters. The number of amides is 1. The molecule has 0 saturated carbocycles. The molecule has 0 fully saturated rings. The third-order valence-electron chi connectivity index (χ3n) is 2.46. The zero-order valence-corrected chi connectivity index (χ0v) is 12.9. The quantitative estimate of drug-likeness (QED) is 0.858. The van der Waals surface area contributed by atoms with E-state index < -0.39 is 6.10 Å². The molecule has 6 nitrogen and oxygen atoms in total. The summed E-state index contributed by atoms with van der Waals surface area (Å²) in [5.41, 5.74) is 0. The monoisotopic (exact) mass is 358 g/mol. The standard InChI is InChI=1S/C12H12BrClN4O2/c1-7(12(19)15-5-11-16-6-17-18-11)20-10-3-2-8(14)4-9(10)13/h2-4,6-7H,5H2,1H3,(H,15,19)(H,16,17,18). The summed E-state index contributed by atoms with van der Waals surface area (Å²) in [7, 11) is 0. The summed E-state index contributed by atoms with van der Waals surface area (Å²) in [6, 6.07) is 5.10. The number of rotatable bonds is 5. The van der Waals surface area contributed by atoms with Crippen molar-refractivity contribution in [1.82, 2.24) is 20.5 Å². The van der Waals surface area contributed by atoms with Crippen molar-refractivity contribution in [3.8, 4) is 5.75 Å². The maximum Gasteiger partial charge on any atom is 0.261 e. The number of hydrogen-bond donors (Lipinski definition) is 2. The summed E-state index contributed by atoms with van der Waals surface area (Å²) in [5.74, 6) is 0.887. The molecule has 2 N–H and O–H groups in total. The molecule has 0 saturated heterocycles. The highest BCUT2D eigenvalue weighted by atomic mass is 79.9. The fraction of sp³-hybridized carbons (Fsp3) is 0.250. The van der Waals surface area contributed by atoms with E-state index in [1.807, 2.05) is 0 Å². The fourth-order valence-electron chi connectivity index (χ4n) is 1.45. The Morgan fingerprint density at radius 3 is 3.05 bits per heavy atom. The second-order valence-electron chi connectivity index (χ2n) is 3.98. The molecule has 1 aromatic heterocycles. The van der Waals surface area contributed by atoms with Gasteiger partial charge in [0.25, 0.3) is 5.91 Å². The van der Waals surface area contributed by atoms with Crippen molar-refractivity contribution in [2.75, 3.05) is 0 Å². The number of hydrogen-bond acceptors (Lipinski definition) is 4. The summed E-state index contributed by atoms with van der Waals surface area (Å²) < 4.78 is 6.26. The van der Waals surface area contributed by atoms with E-state index in [0.717, 1.165) is 0 Å². The topological polar surface area (TPSA) is 79.9 Å². The van der Waals surface area contributed by atoms with Crippen LogP contribution in [-0.4, -0.2) is 27.2 Å². The molecule has 2 rings (SSSR count). The second kappa shape index (κ2) is 6.71. The van der Waals surface area contributed by atoms with Gasteiger partial charge in [-0.3, -0.25) is 9.89 Å². The van der Waals surface area contributed by atoms with Crippen molar-refractivity contribution in [3.63, 3.8) is 0 Å². The van der Waals surface area contributed by atoms with Crippen molar-refractivity contribution in [2.45, 2.75) is 19.6 Å². The molecule has 0 radical (unpaired) electrons. The van der Waals surface area contributed by atoms with E-state index in [1.54, 1.807) is 25.1 Å². The summed E-state index contributed by atoms with van der Waals surface area (Å²) in [4.78, 5) is 15.8. The highest BCUT2D eigenvalue weighted by Gasteiger charge is 2.16. The van der Waals surface area contributed by atoms with Gasteiger partial charge in [-0.1, -0.05) is 11.6 Å². The van der Waals surface area contributed by atoms with Crippen LogP contribution in [0, 0.1) is 0 Å². The molecule has 0 bridgehead atoms. The van der Waals surface area contributed by atoms with Crippen molar-refractivity contribution < 1.29 is 9.53 Å². The van der Waals surface area contributed by atoms with Gasteiger partial charge in [0.2, 0.25) is 0 Å². The predicted octanol–water partition coefficient (Wildman–Crippen LogP) is 2.30. The van der Waals surface area contributed by atoms with Gasteiger partial charge in [0.05, 0.1) is 11.0 Å². The normalized spacial score (nSPS) is 11.9. The van der Waals surface area contributed by atoms with Crippen LogP contribution in [0.15, 0.2) is 29.0 Å². The van der Waals surface area contributed by atoms with Crippen LogP contribution in [0.3, 0.4) is 0 Å². The first-order valence-corrected chi connectivity index (χ1v) is 6.97. The summed E-state index contributed by atoms with van der Waals surface area (Å²) in [6.45, 7) is 1.94. The maximum absolute atomic E-state index is 11.9. The molecule has 0 spiro atoms. The van der Waals surface area contributed by atoms with Crippen LogP contribution in [0.5, 0.6) is 5.75 Å². The number of aromatic nitrogens is 3. The van der Waals surface area contributed by atoms with Crippen LogP contribution < -0.4 is 10.1 Å². The van der Waals surface area contributed by atoms with E-state index in [9.17, 15) is 4.79 Å². The minimum Gasteiger partial charge on any atom is -0.480 e. The van der Waals surface area contributed by atoms with E-state index in [-0.39, 0.29) is 12.5 Å². The van der Waals surface area contributed by atoms with Crippen LogP contribution >= 0.6 is 27.5 Å². The average Bonchev–Trinajstić information content (AvgIpc) is 2.92. The van der Waals surface area contributed by atoms with E-state index in [0.29, 0.717) is 21.1 Å². The second-order valence-corrected chi connectivity index (χ2v) is 5.28. The van der Waals surface area contributed by atoms with Gasteiger partial charge >= 0.3 is 0 Å². The Balaban J connectivity index is 1.90. The predicted molar refractivity (Wildman–Crippen MR) is 77.5 cm³/mol. The van der Waals surface area contributed by atoms with E-state index in [4.69, 9.17) is 16.3 Å². The number of ether oxygens (including phenoxy) is 1. The van der Waals surface area contributed by atoms with Gasteiger partial charge in [0.1, 0.15) is 17.9 Å². The number of halogens is 2. The van der Waals surface area contributed by atoms with E-state index >= 15 is 0 Å². The van der Waals surface area contributed by atoms with Crippen LogP contribution in [0.2, 0.25) is 5.02 Å². The van der Waals surface area contributed by atoms with Crippen molar-refractivity contribution in [2.24, 2.45) is 0 Å². The van der Waals surface area contributed by atoms with Crippen LogP contribution in [0.25, 0.3) is 0 Å². The first-order chi connectivity index (χ1) is 9.56. The third kappa shape index (κ3) is 3.94. The molecule has 0 aliphatic rings. The molecular weight excluding hydrogens is 348 g/mol. The smallest absolute Gasteiger partial charge is 0.261 e. The van der Waals surface area contributed by atoms with Crippen LogP contribution in [0.1, 0.15) is 12.7 Å². The molecule has 8 heteroatoms. The number of benzene rings is 1. The van der Waals surface area contributed by atoms with Crippen molar-refractivity contribution in [1.29, 1.82) is 0 Å². The number of H-pyrrole nitrogens is 1. The number of nitrogens with zero attached hydrogens (tertiary/aromatic N) is 2. The summed E-state index contributed by atoms with van der Waals surface area (Å²) in [5, 5.41) is 9.64.